The second-order valence-corrected chi connectivity index (χ2v) is 10.5. The SMILES string of the molecule is COc1ccc(Nc2nc(NC3CCCCCC3)nc(N3CCN(Cc4ccc5c(c4)OCO5)CC3)n2)cc1F. The number of anilines is 4. The van der Waals surface area contributed by atoms with Gasteiger partial charge in [-0.25, -0.2) is 4.39 Å². The van der Waals surface area contributed by atoms with E-state index < -0.39 is 5.82 Å². The van der Waals surface area contributed by atoms with Gasteiger partial charge in [-0.1, -0.05) is 31.7 Å². The Morgan fingerprint density at radius 1 is 0.900 bits per heavy atom. The number of methoxy groups -OCH3 is 1. The van der Waals surface area contributed by atoms with Crippen LogP contribution in [0.1, 0.15) is 44.1 Å². The molecule has 11 heteroatoms. The van der Waals surface area contributed by atoms with Crippen molar-refractivity contribution in [2.24, 2.45) is 0 Å². The van der Waals surface area contributed by atoms with Gasteiger partial charge >= 0.3 is 0 Å². The molecule has 0 amide bonds. The molecule has 3 heterocycles. The fourth-order valence-corrected chi connectivity index (χ4v) is 5.51. The highest BCUT2D eigenvalue weighted by Gasteiger charge is 2.23. The fraction of sp³-hybridized carbons (Fsp3) is 0.483. The van der Waals surface area contributed by atoms with E-state index in [9.17, 15) is 4.39 Å². The Labute approximate surface area is 233 Å². The molecule has 2 N–H and O–H groups in total. The van der Waals surface area contributed by atoms with Gasteiger partial charge in [0.15, 0.2) is 23.1 Å². The predicted molar refractivity (Wildman–Crippen MR) is 151 cm³/mol. The van der Waals surface area contributed by atoms with Crippen molar-refractivity contribution >= 4 is 23.5 Å². The van der Waals surface area contributed by atoms with Crippen molar-refractivity contribution in [3.63, 3.8) is 0 Å². The molecule has 6 rings (SSSR count). The lowest BCUT2D eigenvalue weighted by molar-refractivity contribution is 0.174. The van der Waals surface area contributed by atoms with E-state index in [1.807, 2.05) is 6.07 Å². The largest absolute Gasteiger partial charge is 0.494 e. The van der Waals surface area contributed by atoms with E-state index in [0.29, 0.717) is 29.6 Å². The molecular formula is C29H36FN7O3. The lowest BCUT2D eigenvalue weighted by atomic mass is 10.1. The van der Waals surface area contributed by atoms with Crippen molar-refractivity contribution in [2.45, 2.75) is 51.1 Å². The monoisotopic (exact) mass is 549 g/mol. The average molecular weight is 550 g/mol. The first-order valence-electron chi connectivity index (χ1n) is 14.1. The van der Waals surface area contributed by atoms with Crippen molar-refractivity contribution < 1.29 is 18.6 Å². The van der Waals surface area contributed by atoms with Gasteiger partial charge in [-0.15, -0.1) is 0 Å². The first-order valence-corrected chi connectivity index (χ1v) is 14.1. The molecule has 212 valence electrons. The number of hydrogen-bond acceptors (Lipinski definition) is 10. The third-order valence-electron chi connectivity index (χ3n) is 7.72. The summed E-state index contributed by atoms with van der Waals surface area (Å²) in [5, 5.41) is 6.73. The minimum absolute atomic E-state index is 0.191. The molecule has 0 radical (unpaired) electrons. The molecule has 0 atom stereocenters. The standard InChI is InChI=1S/C29H36FN7O3/c1-38-24-11-9-22(17-23(24)30)32-28-33-27(31-21-6-4-2-3-5-7-21)34-29(35-28)37-14-12-36(13-15-37)18-20-8-10-25-26(16-20)40-19-39-25/h8-11,16-17,21H,2-7,12-15,18-19H2,1H3,(H2,31,32,33,34,35). The number of fused-ring (bicyclic) bond motifs is 1. The lowest BCUT2D eigenvalue weighted by Crippen LogP contribution is -2.46. The number of hydrogen-bond donors (Lipinski definition) is 2. The maximum absolute atomic E-state index is 14.4. The summed E-state index contributed by atoms with van der Waals surface area (Å²) in [7, 11) is 1.45. The summed E-state index contributed by atoms with van der Waals surface area (Å²) in [6.45, 7) is 4.44. The second kappa shape index (κ2) is 12.1. The second-order valence-electron chi connectivity index (χ2n) is 10.5. The molecule has 2 aromatic carbocycles. The van der Waals surface area contributed by atoms with Crippen LogP contribution in [0.15, 0.2) is 36.4 Å². The summed E-state index contributed by atoms with van der Waals surface area (Å²) in [5.41, 5.74) is 1.75. The van der Waals surface area contributed by atoms with E-state index in [4.69, 9.17) is 24.2 Å². The maximum Gasteiger partial charge on any atom is 0.233 e. The Bertz CT molecular complexity index is 1310. The summed E-state index contributed by atoms with van der Waals surface area (Å²) in [6, 6.07) is 11.2. The van der Waals surface area contributed by atoms with Gasteiger partial charge in [0.1, 0.15) is 0 Å². The van der Waals surface area contributed by atoms with E-state index in [0.717, 1.165) is 57.1 Å². The van der Waals surface area contributed by atoms with Crippen molar-refractivity contribution in [2.75, 3.05) is 55.6 Å². The molecule has 0 spiro atoms. The molecular weight excluding hydrogens is 513 g/mol. The van der Waals surface area contributed by atoms with Gasteiger partial charge in [0.05, 0.1) is 7.11 Å². The van der Waals surface area contributed by atoms with Crippen LogP contribution in [-0.4, -0.2) is 66.0 Å². The lowest BCUT2D eigenvalue weighted by Gasteiger charge is -2.35. The van der Waals surface area contributed by atoms with Crippen LogP contribution in [0.3, 0.4) is 0 Å². The summed E-state index contributed by atoms with van der Waals surface area (Å²) in [6.07, 6.45) is 7.16. The van der Waals surface area contributed by atoms with Crippen LogP contribution in [0, 0.1) is 5.82 Å². The Morgan fingerprint density at radius 2 is 1.68 bits per heavy atom. The quantitative estimate of drug-likeness (QED) is 0.376. The molecule has 2 fully saturated rings. The van der Waals surface area contributed by atoms with Crippen molar-refractivity contribution in [3.05, 3.63) is 47.8 Å². The van der Waals surface area contributed by atoms with Gasteiger partial charge in [0.25, 0.3) is 0 Å². The molecule has 3 aliphatic rings. The molecule has 1 aromatic heterocycles. The highest BCUT2D eigenvalue weighted by atomic mass is 19.1. The summed E-state index contributed by atoms with van der Waals surface area (Å²) >= 11 is 0. The van der Waals surface area contributed by atoms with Crippen LogP contribution in [0.2, 0.25) is 0 Å². The van der Waals surface area contributed by atoms with Crippen LogP contribution in [0.4, 0.5) is 27.9 Å². The molecule has 1 aliphatic carbocycles. The molecule has 40 heavy (non-hydrogen) atoms. The van der Waals surface area contributed by atoms with Crippen LogP contribution >= 0.6 is 0 Å². The van der Waals surface area contributed by atoms with E-state index in [2.05, 4.69) is 37.6 Å². The van der Waals surface area contributed by atoms with E-state index in [1.165, 1.54) is 44.4 Å². The van der Waals surface area contributed by atoms with Crippen molar-refractivity contribution in [1.29, 1.82) is 0 Å². The number of nitrogens with one attached hydrogen (secondary N) is 2. The third kappa shape index (κ3) is 6.30. The molecule has 0 bridgehead atoms. The zero-order valence-corrected chi connectivity index (χ0v) is 22.9. The molecule has 3 aromatic rings. The van der Waals surface area contributed by atoms with E-state index in [-0.39, 0.29) is 12.5 Å². The summed E-state index contributed by atoms with van der Waals surface area (Å²) in [4.78, 5) is 18.8. The normalized spacial score (nSPS) is 17.9. The van der Waals surface area contributed by atoms with Gasteiger partial charge < -0.3 is 29.7 Å². The third-order valence-corrected chi connectivity index (χ3v) is 7.72. The average Bonchev–Trinajstić information content (AvgIpc) is 3.28. The van der Waals surface area contributed by atoms with Crippen LogP contribution in [0.5, 0.6) is 17.2 Å². The molecule has 10 nitrogen and oxygen atoms in total. The minimum Gasteiger partial charge on any atom is -0.494 e. The molecule has 2 aliphatic heterocycles. The minimum atomic E-state index is -0.447. The zero-order chi connectivity index (χ0) is 27.3. The Balaban J connectivity index is 1.16. The number of piperazine rings is 1. The first kappa shape index (κ1) is 26.4. The smallest absolute Gasteiger partial charge is 0.233 e. The molecule has 1 saturated heterocycles. The number of rotatable bonds is 8. The van der Waals surface area contributed by atoms with Gasteiger partial charge in [0.2, 0.25) is 24.6 Å². The van der Waals surface area contributed by atoms with Gasteiger partial charge in [0, 0.05) is 50.5 Å². The fourth-order valence-electron chi connectivity index (χ4n) is 5.51. The number of ether oxygens (including phenoxy) is 3. The predicted octanol–water partition coefficient (Wildman–Crippen LogP) is 4.95. The topological polar surface area (TPSA) is 96.9 Å². The highest BCUT2D eigenvalue weighted by molar-refractivity contribution is 5.57. The number of benzene rings is 2. The van der Waals surface area contributed by atoms with Gasteiger partial charge in [-0.3, -0.25) is 4.90 Å². The van der Waals surface area contributed by atoms with E-state index >= 15 is 0 Å². The Hall–Kier alpha value is -3.86. The number of aromatic nitrogens is 3. The van der Waals surface area contributed by atoms with Crippen LogP contribution in [0.25, 0.3) is 0 Å². The maximum atomic E-state index is 14.4. The van der Waals surface area contributed by atoms with Crippen molar-refractivity contribution in [3.8, 4) is 17.2 Å². The Kier molecular flexibility index (Phi) is 7.99. The van der Waals surface area contributed by atoms with Crippen LogP contribution < -0.4 is 29.7 Å². The number of halogens is 1. The highest BCUT2D eigenvalue weighted by Crippen LogP contribution is 2.33. The van der Waals surface area contributed by atoms with Crippen LogP contribution in [-0.2, 0) is 6.54 Å². The zero-order valence-electron chi connectivity index (χ0n) is 22.9. The summed E-state index contributed by atoms with van der Waals surface area (Å²) < 4.78 is 30.4. The Morgan fingerprint density at radius 3 is 2.45 bits per heavy atom. The molecule has 1 saturated carbocycles. The van der Waals surface area contributed by atoms with Crippen molar-refractivity contribution in [1.82, 2.24) is 19.9 Å². The van der Waals surface area contributed by atoms with E-state index in [1.54, 1.807) is 12.1 Å². The first-order chi connectivity index (χ1) is 19.6. The molecule has 0 unspecified atom stereocenters. The summed E-state index contributed by atoms with van der Waals surface area (Å²) in [5.74, 6) is 2.91. The van der Waals surface area contributed by atoms with Gasteiger partial charge in [-0.2, -0.15) is 15.0 Å². The number of nitrogens with zero attached hydrogens (tertiary/aromatic N) is 5. The van der Waals surface area contributed by atoms with Gasteiger partial charge in [-0.05, 0) is 42.7 Å².